The van der Waals surface area contributed by atoms with Gasteiger partial charge in [0.2, 0.25) is 5.95 Å². The zero-order chi connectivity index (χ0) is 13.4. The topological polar surface area (TPSA) is 84.1 Å². The first kappa shape index (κ1) is 12.9. The van der Waals surface area contributed by atoms with E-state index in [1.165, 1.54) is 0 Å². The largest absolute Gasteiger partial charge is 0.433 e. The standard InChI is InChI=1S/C10H13F3N4O/c11-10(12,13)6-4-7(17-8(14)16-6)15-5-9(18)2-1-3-9/h4,18H,1-3,5H2,(H3,14,15,16,17). The summed E-state index contributed by atoms with van der Waals surface area (Å²) in [7, 11) is 0. The van der Waals surface area contributed by atoms with Gasteiger partial charge in [0, 0.05) is 12.6 Å². The van der Waals surface area contributed by atoms with Gasteiger partial charge in [-0.15, -0.1) is 0 Å². The van der Waals surface area contributed by atoms with Gasteiger partial charge >= 0.3 is 6.18 Å². The van der Waals surface area contributed by atoms with Crippen LogP contribution in [-0.4, -0.2) is 27.2 Å². The van der Waals surface area contributed by atoms with Crippen molar-refractivity contribution < 1.29 is 18.3 Å². The molecule has 0 saturated heterocycles. The van der Waals surface area contributed by atoms with Crippen molar-refractivity contribution in [1.29, 1.82) is 0 Å². The van der Waals surface area contributed by atoms with E-state index >= 15 is 0 Å². The van der Waals surface area contributed by atoms with E-state index in [9.17, 15) is 18.3 Å². The van der Waals surface area contributed by atoms with Gasteiger partial charge in [-0.1, -0.05) is 0 Å². The highest BCUT2D eigenvalue weighted by atomic mass is 19.4. The molecule has 1 aliphatic carbocycles. The second-order valence-corrected chi connectivity index (χ2v) is 4.43. The van der Waals surface area contributed by atoms with Crippen LogP contribution >= 0.6 is 0 Å². The lowest BCUT2D eigenvalue weighted by molar-refractivity contribution is -0.141. The average molecular weight is 262 g/mol. The van der Waals surface area contributed by atoms with Crippen LogP contribution in [0.3, 0.4) is 0 Å². The third kappa shape index (κ3) is 2.81. The van der Waals surface area contributed by atoms with E-state index in [1.807, 2.05) is 0 Å². The van der Waals surface area contributed by atoms with Crippen LogP contribution in [0.4, 0.5) is 24.9 Å². The van der Waals surface area contributed by atoms with Crippen molar-refractivity contribution >= 4 is 11.8 Å². The number of alkyl halides is 3. The fourth-order valence-electron chi connectivity index (χ4n) is 1.72. The average Bonchev–Trinajstić information content (AvgIpc) is 2.22. The SMILES string of the molecule is Nc1nc(NCC2(O)CCC2)cc(C(F)(F)F)n1. The van der Waals surface area contributed by atoms with E-state index < -0.39 is 23.4 Å². The Morgan fingerprint density at radius 1 is 1.39 bits per heavy atom. The molecule has 1 saturated carbocycles. The smallest absolute Gasteiger partial charge is 0.388 e. The van der Waals surface area contributed by atoms with Crippen molar-refractivity contribution in [3.63, 3.8) is 0 Å². The molecule has 0 amide bonds. The maximum Gasteiger partial charge on any atom is 0.433 e. The number of rotatable bonds is 3. The minimum absolute atomic E-state index is 0.0323. The van der Waals surface area contributed by atoms with Gasteiger partial charge < -0.3 is 16.2 Å². The molecule has 8 heteroatoms. The van der Waals surface area contributed by atoms with Crippen LogP contribution in [0.15, 0.2) is 6.07 Å². The molecule has 5 nitrogen and oxygen atoms in total. The number of nitrogens with two attached hydrogens (primary N) is 1. The Kier molecular flexibility index (Phi) is 3.05. The molecule has 0 spiro atoms. The van der Waals surface area contributed by atoms with Crippen molar-refractivity contribution in [2.45, 2.75) is 31.0 Å². The highest BCUT2D eigenvalue weighted by Crippen LogP contribution is 2.32. The lowest BCUT2D eigenvalue weighted by atomic mass is 9.80. The van der Waals surface area contributed by atoms with Crippen LogP contribution < -0.4 is 11.1 Å². The molecule has 1 aromatic heterocycles. The van der Waals surface area contributed by atoms with Crippen molar-refractivity contribution in [3.05, 3.63) is 11.8 Å². The summed E-state index contributed by atoms with van der Waals surface area (Å²) in [6, 6.07) is 0.776. The Morgan fingerprint density at radius 3 is 2.56 bits per heavy atom. The van der Waals surface area contributed by atoms with Crippen LogP contribution in [0.2, 0.25) is 0 Å². The molecule has 18 heavy (non-hydrogen) atoms. The molecule has 100 valence electrons. The molecule has 0 atom stereocenters. The predicted octanol–water partition coefficient (Wildman–Crippen LogP) is 1.40. The summed E-state index contributed by atoms with van der Waals surface area (Å²) in [6.07, 6.45) is -2.39. The van der Waals surface area contributed by atoms with Crippen LogP contribution in [-0.2, 0) is 6.18 Å². The second-order valence-electron chi connectivity index (χ2n) is 4.43. The van der Waals surface area contributed by atoms with E-state index in [1.54, 1.807) is 0 Å². The summed E-state index contributed by atoms with van der Waals surface area (Å²) in [5.74, 6) is -0.483. The first-order valence-corrected chi connectivity index (χ1v) is 5.47. The van der Waals surface area contributed by atoms with Gasteiger partial charge in [-0.05, 0) is 19.3 Å². The van der Waals surface area contributed by atoms with Crippen LogP contribution in [0.1, 0.15) is 25.0 Å². The van der Waals surface area contributed by atoms with Crippen molar-refractivity contribution in [2.75, 3.05) is 17.6 Å². The van der Waals surface area contributed by atoms with E-state index in [4.69, 9.17) is 5.73 Å². The first-order valence-electron chi connectivity index (χ1n) is 5.47. The van der Waals surface area contributed by atoms with Crippen LogP contribution in [0.25, 0.3) is 0 Å². The number of nitrogens with zero attached hydrogens (tertiary/aromatic N) is 2. The number of anilines is 2. The maximum absolute atomic E-state index is 12.5. The predicted molar refractivity (Wildman–Crippen MR) is 58.7 cm³/mol. The van der Waals surface area contributed by atoms with E-state index in [0.29, 0.717) is 12.8 Å². The molecule has 2 rings (SSSR count). The highest BCUT2D eigenvalue weighted by molar-refractivity contribution is 5.41. The number of aliphatic hydroxyl groups is 1. The zero-order valence-electron chi connectivity index (χ0n) is 9.46. The Bertz CT molecular complexity index is 445. The molecule has 4 N–H and O–H groups in total. The first-order chi connectivity index (χ1) is 8.28. The minimum Gasteiger partial charge on any atom is -0.388 e. The number of hydrogen-bond donors (Lipinski definition) is 3. The molecule has 0 aromatic carbocycles. The lowest BCUT2D eigenvalue weighted by Crippen LogP contribution is -2.43. The van der Waals surface area contributed by atoms with Gasteiger partial charge in [0.05, 0.1) is 5.60 Å². The Hall–Kier alpha value is -1.57. The summed E-state index contributed by atoms with van der Waals surface area (Å²) in [5, 5.41) is 12.5. The Balaban J connectivity index is 2.10. The summed E-state index contributed by atoms with van der Waals surface area (Å²) in [5.41, 5.74) is 3.27. The quantitative estimate of drug-likeness (QED) is 0.767. The van der Waals surface area contributed by atoms with E-state index in [0.717, 1.165) is 12.5 Å². The number of halogens is 3. The fraction of sp³-hybridized carbons (Fsp3) is 0.600. The normalized spacial score (nSPS) is 18.2. The third-order valence-electron chi connectivity index (χ3n) is 2.92. The van der Waals surface area contributed by atoms with E-state index in [-0.39, 0.29) is 12.4 Å². The minimum atomic E-state index is -4.57. The molecule has 1 aromatic rings. The molecule has 1 fully saturated rings. The number of hydrogen-bond acceptors (Lipinski definition) is 5. The maximum atomic E-state index is 12.5. The molecule has 0 radical (unpaired) electrons. The van der Waals surface area contributed by atoms with Gasteiger partial charge in [-0.2, -0.15) is 18.2 Å². The second kappa shape index (κ2) is 4.27. The lowest BCUT2D eigenvalue weighted by Gasteiger charge is -2.36. The molecular weight excluding hydrogens is 249 g/mol. The number of nitrogens with one attached hydrogen (secondary N) is 1. The Labute approximate surface area is 101 Å². The van der Waals surface area contributed by atoms with Crippen molar-refractivity contribution in [1.82, 2.24) is 9.97 Å². The van der Waals surface area contributed by atoms with Gasteiger partial charge in [0.15, 0.2) is 5.69 Å². The summed E-state index contributed by atoms with van der Waals surface area (Å²) >= 11 is 0. The van der Waals surface area contributed by atoms with Gasteiger partial charge in [0.1, 0.15) is 5.82 Å². The monoisotopic (exact) mass is 262 g/mol. The fourth-order valence-corrected chi connectivity index (χ4v) is 1.72. The molecule has 0 unspecified atom stereocenters. The third-order valence-corrected chi connectivity index (χ3v) is 2.92. The summed E-state index contributed by atoms with van der Waals surface area (Å²) in [6.45, 7) is 0.154. The zero-order valence-corrected chi connectivity index (χ0v) is 9.46. The number of nitrogen functional groups attached to an aromatic ring is 1. The summed E-state index contributed by atoms with van der Waals surface area (Å²) < 4.78 is 37.4. The van der Waals surface area contributed by atoms with Crippen LogP contribution in [0, 0.1) is 0 Å². The van der Waals surface area contributed by atoms with Crippen molar-refractivity contribution in [3.8, 4) is 0 Å². The molecular formula is C10H13F3N4O. The highest BCUT2D eigenvalue weighted by Gasteiger charge is 2.35. The molecule has 0 aliphatic heterocycles. The van der Waals surface area contributed by atoms with Gasteiger partial charge in [0.25, 0.3) is 0 Å². The van der Waals surface area contributed by atoms with Gasteiger partial charge in [-0.25, -0.2) is 4.98 Å². The number of aromatic nitrogens is 2. The van der Waals surface area contributed by atoms with Gasteiger partial charge in [-0.3, -0.25) is 0 Å². The molecule has 0 bridgehead atoms. The Morgan fingerprint density at radius 2 is 2.06 bits per heavy atom. The summed E-state index contributed by atoms with van der Waals surface area (Å²) in [4.78, 5) is 6.78. The van der Waals surface area contributed by atoms with Crippen LogP contribution in [0.5, 0.6) is 0 Å². The molecule has 1 aliphatic rings. The van der Waals surface area contributed by atoms with E-state index in [2.05, 4.69) is 15.3 Å². The molecule has 1 heterocycles. The van der Waals surface area contributed by atoms with Crippen molar-refractivity contribution in [2.24, 2.45) is 0 Å².